The lowest BCUT2D eigenvalue weighted by Gasteiger charge is -2.46. The van der Waals surface area contributed by atoms with Gasteiger partial charge in [-0.15, -0.1) is 22.7 Å². The van der Waals surface area contributed by atoms with Crippen molar-refractivity contribution < 1.29 is 18.8 Å². The smallest absolute Gasteiger partial charge is 0.407 e. The number of carbonyl (C=O) groups excluding carboxylic acids is 1. The highest BCUT2D eigenvalue weighted by molar-refractivity contribution is 8.29. The van der Waals surface area contributed by atoms with Crippen molar-refractivity contribution in [2.75, 3.05) is 19.1 Å². The Kier molecular flexibility index (Phi) is 11.3. The zero-order valence-electron chi connectivity index (χ0n) is 20.8. The summed E-state index contributed by atoms with van der Waals surface area (Å²) in [6.07, 6.45) is 10.8. The van der Waals surface area contributed by atoms with E-state index in [9.17, 15) is 9.90 Å². The zero-order valence-corrected chi connectivity index (χ0v) is 21.7. The van der Waals surface area contributed by atoms with E-state index in [4.69, 9.17) is 15.3 Å². The van der Waals surface area contributed by atoms with E-state index in [1.807, 2.05) is 26.0 Å². The van der Waals surface area contributed by atoms with E-state index in [1.54, 1.807) is 30.5 Å². The molecule has 6 nitrogen and oxygen atoms in total. The number of terminal acetylenes is 1. The number of aromatic nitrogens is 1. The Morgan fingerprint density at radius 1 is 1.21 bits per heavy atom. The third-order valence-electron chi connectivity index (χ3n) is 5.08. The lowest BCUT2D eigenvalue weighted by atomic mass is 10.1. The fraction of sp³-hybridized carbons (Fsp3) is 0.462. The molecule has 0 saturated heterocycles. The minimum atomic E-state index is -1.41. The SMILES string of the molecule is C#CCC.Cc1ccc(C(CNC(=O)OCc2ccc(O)cc2)OS(C)(C)C(C)(C)C)cn1. The van der Waals surface area contributed by atoms with Gasteiger partial charge >= 0.3 is 6.09 Å². The van der Waals surface area contributed by atoms with Gasteiger partial charge in [0.15, 0.2) is 0 Å². The molecule has 7 heteroatoms. The number of aryl methyl sites for hydroxylation is 1. The van der Waals surface area contributed by atoms with Crippen molar-refractivity contribution >= 4 is 16.4 Å². The predicted molar refractivity (Wildman–Crippen MR) is 137 cm³/mol. The normalized spacial score (nSPS) is 12.5. The van der Waals surface area contributed by atoms with Crippen LogP contribution in [0.25, 0.3) is 0 Å². The molecule has 0 fully saturated rings. The number of nitrogens with zero attached hydrogens (tertiary/aromatic N) is 1. The zero-order chi connectivity index (χ0) is 25.1. The molecule has 0 spiro atoms. The van der Waals surface area contributed by atoms with E-state index in [1.165, 1.54) is 0 Å². The van der Waals surface area contributed by atoms with Crippen molar-refractivity contribution in [3.8, 4) is 18.1 Å². The fourth-order valence-corrected chi connectivity index (χ4v) is 3.33. The number of amides is 1. The van der Waals surface area contributed by atoms with Crippen LogP contribution < -0.4 is 5.32 Å². The maximum atomic E-state index is 12.2. The van der Waals surface area contributed by atoms with Crippen molar-refractivity contribution in [2.45, 2.75) is 58.5 Å². The average molecular weight is 475 g/mol. The molecule has 0 radical (unpaired) electrons. The van der Waals surface area contributed by atoms with Gasteiger partial charge in [0, 0.05) is 28.6 Å². The summed E-state index contributed by atoms with van der Waals surface area (Å²) in [6.45, 7) is 10.8. The Hall–Kier alpha value is -2.69. The van der Waals surface area contributed by atoms with Gasteiger partial charge in [-0.1, -0.05) is 45.9 Å². The van der Waals surface area contributed by atoms with E-state index in [-0.39, 0.29) is 29.8 Å². The number of rotatable bonds is 7. The summed E-state index contributed by atoms with van der Waals surface area (Å²) < 4.78 is 11.8. The minimum absolute atomic E-state index is 0.0112. The van der Waals surface area contributed by atoms with Gasteiger partial charge in [-0.05, 0) is 43.2 Å². The van der Waals surface area contributed by atoms with Crippen LogP contribution in [0.5, 0.6) is 5.75 Å². The van der Waals surface area contributed by atoms with E-state index in [0.29, 0.717) is 0 Å². The Balaban J connectivity index is 0.00000125. The first-order chi connectivity index (χ1) is 15.4. The van der Waals surface area contributed by atoms with E-state index in [0.717, 1.165) is 23.2 Å². The Labute approximate surface area is 200 Å². The van der Waals surface area contributed by atoms with Crippen LogP contribution in [0.1, 0.15) is 57.0 Å². The molecule has 182 valence electrons. The first kappa shape index (κ1) is 28.3. The summed E-state index contributed by atoms with van der Waals surface area (Å²) in [5.74, 6) is 2.61. The van der Waals surface area contributed by atoms with Crippen LogP contribution in [-0.4, -0.2) is 40.0 Å². The van der Waals surface area contributed by atoms with Gasteiger partial charge in [0.25, 0.3) is 0 Å². The molecule has 0 aliphatic heterocycles. The number of aromatic hydroxyl groups is 1. The molecule has 33 heavy (non-hydrogen) atoms. The van der Waals surface area contributed by atoms with Gasteiger partial charge in [-0.25, -0.2) is 4.79 Å². The topological polar surface area (TPSA) is 80.7 Å². The summed E-state index contributed by atoms with van der Waals surface area (Å²) in [6, 6.07) is 10.5. The lowest BCUT2D eigenvalue weighted by Crippen LogP contribution is -2.33. The number of ether oxygens (including phenoxy) is 1. The summed E-state index contributed by atoms with van der Waals surface area (Å²) in [7, 11) is -1.41. The lowest BCUT2D eigenvalue weighted by molar-refractivity contribution is 0.132. The van der Waals surface area contributed by atoms with Crippen LogP contribution in [-0.2, 0) is 15.5 Å². The Morgan fingerprint density at radius 3 is 2.30 bits per heavy atom. The molecular weight excluding hydrogens is 436 g/mol. The van der Waals surface area contributed by atoms with Crippen molar-refractivity contribution in [1.29, 1.82) is 0 Å². The van der Waals surface area contributed by atoms with Crippen molar-refractivity contribution in [1.82, 2.24) is 10.3 Å². The molecule has 0 saturated carbocycles. The van der Waals surface area contributed by atoms with Crippen molar-refractivity contribution in [2.24, 2.45) is 0 Å². The number of hydrogen-bond acceptors (Lipinski definition) is 5. The molecule has 1 aromatic heterocycles. The van der Waals surface area contributed by atoms with E-state index >= 15 is 0 Å². The molecule has 2 N–H and O–H groups in total. The van der Waals surface area contributed by atoms with Crippen molar-refractivity contribution in [3.63, 3.8) is 0 Å². The van der Waals surface area contributed by atoms with Crippen molar-refractivity contribution in [3.05, 3.63) is 59.4 Å². The van der Waals surface area contributed by atoms with Gasteiger partial charge < -0.3 is 19.3 Å². The third-order valence-corrected chi connectivity index (χ3v) is 8.74. The molecule has 1 atom stereocenters. The number of benzene rings is 1. The highest BCUT2D eigenvalue weighted by Crippen LogP contribution is 2.56. The number of phenolic OH excluding ortho intramolecular Hbond substituents is 1. The summed E-state index contributed by atoms with van der Waals surface area (Å²) in [4.78, 5) is 16.6. The molecule has 1 heterocycles. The Bertz CT molecular complexity index is 898. The molecule has 1 aromatic carbocycles. The number of pyridine rings is 1. The largest absolute Gasteiger partial charge is 0.508 e. The molecule has 1 unspecified atom stereocenters. The number of nitrogens with one attached hydrogen (secondary N) is 1. The maximum absolute atomic E-state index is 12.2. The molecule has 0 aliphatic carbocycles. The van der Waals surface area contributed by atoms with Crippen LogP contribution in [0.3, 0.4) is 0 Å². The molecule has 0 aliphatic rings. The van der Waals surface area contributed by atoms with E-state index in [2.05, 4.69) is 49.5 Å². The summed E-state index contributed by atoms with van der Waals surface area (Å²) in [5, 5.41) is 12.1. The van der Waals surface area contributed by atoms with Gasteiger partial charge in [0.2, 0.25) is 0 Å². The van der Waals surface area contributed by atoms with Crippen LogP contribution in [0.15, 0.2) is 42.6 Å². The maximum Gasteiger partial charge on any atom is 0.407 e. The van der Waals surface area contributed by atoms with Gasteiger partial charge in [-0.3, -0.25) is 4.98 Å². The first-order valence-electron chi connectivity index (χ1n) is 10.8. The standard InChI is InChI=1S/C22H32N2O4S.C4H6/c1-16-7-10-18(13-23-16)20(28-29(5,6)22(2,3)4)14-24-21(26)27-15-17-8-11-19(25)12-9-17;1-3-4-2/h7-13,20,25H,14-15H2,1-6H3,(H,24,26);1H,4H2,2H3. The molecule has 2 aromatic rings. The average Bonchev–Trinajstić information content (AvgIpc) is 2.76. The second-order valence-corrected chi connectivity index (χ2v) is 12.7. The number of hydrogen-bond donors (Lipinski definition) is 2. The van der Waals surface area contributed by atoms with Gasteiger partial charge in [0.05, 0.1) is 6.54 Å². The van der Waals surface area contributed by atoms with Gasteiger partial charge in [0.1, 0.15) is 18.5 Å². The second-order valence-electron chi connectivity index (χ2n) is 8.84. The quantitative estimate of drug-likeness (QED) is 0.489. The van der Waals surface area contributed by atoms with E-state index < -0.39 is 16.4 Å². The number of alkyl carbamates (subject to hydrolysis) is 1. The first-order valence-corrected chi connectivity index (χ1v) is 13.2. The minimum Gasteiger partial charge on any atom is -0.508 e. The van der Waals surface area contributed by atoms with Crippen LogP contribution in [0.2, 0.25) is 0 Å². The molecule has 0 bridgehead atoms. The van der Waals surface area contributed by atoms with Gasteiger partial charge in [-0.2, -0.15) is 0 Å². The monoisotopic (exact) mass is 474 g/mol. The van der Waals surface area contributed by atoms with Crippen LogP contribution >= 0.6 is 10.3 Å². The third kappa shape index (κ3) is 10.2. The molecular formula is C26H38N2O4S. The molecule has 2 rings (SSSR count). The number of carbonyl (C=O) groups is 1. The summed E-state index contributed by atoms with van der Waals surface area (Å²) in [5.41, 5.74) is 2.64. The highest BCUT2D eigenvalue weighted by Gasteiger charge is 2.32. The predicted octanol–water partition coefficient (Wildman–Crippen LogP) is 5.89. The summed E-state index contributed by atoms with van der Waals surface area (Å²) >= 11 is 0. The highest BCUT2D eigenvalue weighted by atomic mass is 32.3. The second kappa shape index (κ2) is 13.1. The van der Waals surface area contributed by atoms with Crippen LogP contribution in [0.4, 0.5) is 4.79 Å². The Morgan fingerprint density at radius 2 is 1.82 bits per heavy atom. The number of phenols is 1. The molecule has 1 amide bonds. The fourth-order valence-electron chi connectivity index (χ4n) is 2.28. The van der Waals surface area contributed by atoms with Crippen LogP contribution in [0, 0.1) is 19.3 Å².